The Kier molecular flexibility index (Phi) is 4.89. The van der Waals surface area contributed by atoms with Crippen LogP contribution in [-0.2, 0) is 11.2 Å². The number of rotatable bonds is 7. The molecule has 1 aromatic carbocycles. The largest absolute Gasteiger partial charge is 0.355 e. The minimum Gasteiger partial charge on any atom is -0.355 e. The molecule has 0 saturated heterocycles. The average Bonchev–Trinajstić information content (AvgIpc) is 2.57. The lowest BCUT2D eigenvalue weighted by Crippen LogP contribution is -2.49. The molecule has 1 N–H and O–H groups in total. The van der Waals surface area contributed by atoms with E-state index in [0.717, 1.165) is 37.1 Å². The van der Waals surface area contributed by atoms with Crippen LogP contribution in [0.15, 0.2) is 30.3 Å². The lowest BCUT2D eigenvalue weighted by molar-refractivity contribution is -0.118. The van der Waals surface area contributed by atoms with Crippen LogP contribution in [0.5, 0.6) is 0 Å². The van der Waals surface area contributed by atoms with Crippen LogP contribution in [0.1, 0.15) is 50.5 Å². The predicted octanol–water partition coefficient (Wildman–Crippen LogP) is 4.44. The summed E-state index contributed by atoms with van der Waals surface area (Å²) < 4.78 is 0.454. The Morgan fingerprint density at radius 2 is 1.67 bits per heavy atom. The molecule has 1 aromatic rings. The van der Waals surface area contributed by atoms with Gasteiger partial charge in [0.05, 0.1) is 5.75 Å². The summed E-state index contributed by atoms with van der Waals surface area (Å²) in [6.45, 7) is 0.801. The van der Waals surface area contributed by atoms with Gasteiger partial charge < -0.3 is 5.32 Å². The summed E-state index contributed by atoms with van der Waals surface area (Å²) in [6.07, 6.45) is 10.6. The number of hydrogen-bond acceptors (Lipinski definition) is 2. The molecular formula is C21H29NOS. The van der Waals surface area contributed by atoms with Gasteiger partial charge in [-0.3, -0.25) is 4.79 Å². The third-order valence-corrected chi connectivity index (χ3v) is 7.82. The van der Waals surface area contributed by atoms with Gasteiger partial charge in [-0.1, -0.05) is 30.3 Å². The molecule has 5 rings (SSSR count). The molecule has 0 unspecified atom stereocenters. The van der Waals surface area contributed by atoms with Crippen LogP contribution >= 0.6 is 11.8 Å². The summed E-state index contributed by atoms with van der Waals surface area (Å²) >= 11 is 1.98. The fourth-order valence-corrected chi connectivity index (χ4v) is 7.24. The molecular weight excluding hydrogens is 314 g/mol. The molecule has 4 bridgehead atoms. The van der Waals surface area contributed by atoms with Gasteiger partial charge in [-0.15, -0.1) is 11.8 Å². The molecule has 130 valence electrons. The lowest BCUT2D eigenvalue weighted by atomic mass is 9.56. The second-order valence-corrected chi connectivity index (χ2v) is 9.77. The molecule has 4 aliphatic carbocycles. The van der Waals surface area contributed by atoms with E-state index >= 15 is 0 Å². The number of nitrogens with one attached hydrogen (secondary N) is 1. The molecule has 4 fully saturated rings. The summed E-state index contributed by atoms with van der Waals surface area (Å²) in [7, 11) is 0. The second kappa shape index (κ2) is 7.11. The molecule has 4 aliphatic rings. The summed E-state index contributed by atoms with van der Waals surface area (Å²) in [5.74, 6) is 3.81. The SMILES string of the molecule is O=C(CSC12CC3CC(CC(C3)C1)C2)NCCCc1ccccc1. The van der Waals surface area contributed by atoms with E-state index in [-0.39, 0.29) is 5.91 Å². The fourth-order valence-electron chi connectivity index (χ4n) is 5.64. The van der Waals surface area contributed by atoms with Crippen LogP contribution in [0.2, 0.25) is 0 Å². The highest BCUT2D eigenvalue weighted by atomic mass is 32.2. The molecule has 4 saturated carbocycles. The summed E-state index contributed by atoms with van der Waals surface area (Å²) in [5.41, 5.74) is 1.36. The zero-order chi connectivity index (χ0) is 16.4. The van der Waals surface area contributed by atoms with Crippen molar-refractivity contribution in [2.75, 3.05) is 12.3 Å². The molecule has 1 amide bonds. The highest BCUT2D eigenvalue weighted by molar-refractivity contribution is 8.01. The molecule has 24 heavy (non-hydrogen) atoms. The third-order valence-electron chi connectivity index (χ3n) is 6.30. The van der Waals surface area contributed by atoms with Crippen LogP contribution in [0, 0.1) is 17.8 Å². The Morgan fingerprint density at radius 3 is 2.29 bits per heavy atom. The Morgan fingerprint density at radius 1 is 1.04 bits per heavy atom. The first-order chi connectivity index (χ1) is 11.7. The molecule has 0 aliphatic heterocycles. The van der Waals surface area contributed by atoms with E-state index in [1.54, 1.807) is 0 Å². The lowest BCUT2D eigenvalue weighted by Gasteiger charge is -2.56. The minimum atomic E-state index is 0.240. The van der Waals surface area contributed by atoms with E-state index in [1.807, 2.05) is 17.8 Å². The monoisotopic (exact) mass is 343 g/mol. The van der Waals surface area contributed by atoms with E-state index in [0.29, 0.717) is 10.5 Å². The minimum absolute atomic E-state index is 0.240. The van der Waals surface area contributed by atoms with Crippen molar-refractivity contribution in [2.45, 2.75) is 56.1 Å². The van der Waals surface area contributed by atoms with E-state index in [9.17, 15) is 4.79 Å². The van der Waals surface area contributed by atoms with Crippen molar-refractivity contribution >= 4 is 17.7 Å². The molecule has 0 atom stereocenters. The molecule has 0 spiro atoms. The Balaban J connectivity index is 1.17. The van der Waals surface area contributed by atoms with Crippen molar-refractivity contribution in [2.24, 2.45) is 17.8 Å². The molecule has 2 nitrogen and oxygen atoms in total. The number of benzene rings is 1. The summed E-state index contributed by atoms with van der Waals surface area (Å²) in [5, 5.41) is 3.13. The van der Waals surface area contributed by atoms with Crippen LogP contribution < -0.4 is 5.32 Å². The summed E-state index contributed by atoms with van der Waals surface area (Å²) in [6, 6.07) is 10.5. The maximum absolute atomic E-state index is 12.2. The molecule has 0 aromatic heterocycles. The number of carbonyl (C=O) groups is 1. The Bertz CT molecular complexity index is 535. The van der Waals surface area contributed by atoms with Gasteiger partial charge in [-0.25, -0.2) is 0 Å². The number of carbonyl (C=O) groups excluding carboxylic acids is 1. The fraction of sp³-hybridized carbons (Fsp3) is 0.667. The van der Waals surface area contributed by atoms with Crippen LogP contribution in [0.4, 0.5) is 0 Å². The van der Waals surface area contributed by atoms with Crippen molar-refractivity contribution in [3.05, 3.63) is 35.9 Å². The van der Waals surface area contributed by atoms with E-state index in [4.69, 9.17) is 0 Å². The van der Waals surface area contributed by atoms with Crippen molar-refractivity contribution < 1.29 is 4.79 Å². The highest BCUT2D eigenvalue weighted by Crippen LogP contribution is 2.60. The zero-order valence-corrected chi connectivity index (χ0v) is 15.3. The predicted molar refractivity (Wildman–Crippen MR) is 101 cm³/mol. The van der Waals surface area contributed by atoms with Crippen LogP contribution in [0.3, 0.4) is 0 Å². The van der Waals surface area contributed by atoms with Gasteiger partial charge in [0.15, 0.2) is 0 Å². The Hall–Kier alpha value is -0.960. The molecule has 0 heterocycles. The maximum atomic E-state index is 12.2. The maximum Gasteiger partial charge on any atom is 0.230 e. The molecule has 3 heteroatoms. The van der Waals surface area contributed by atoms with Gasteiger partial charge in [-0.2, -0.15) is 0 Å². The zero-order valence-electron chi connectivity index (χ0n) is 14.5. The second-order valence-electron chi connectivity index (χ2n) is 8.33. The van der Waals surface area contributed by atoms with Gasteiger partial charge >= 0.3 is 0 Å². The van der Waals surface area contributed by atoms with Gasteiger partial charge in [0.1, 0.15) is 0 Å². The van der Waals surface area contributed by atoms with E-state index in [1.165, 1.54) is 44.1 Å². The smallest absolute Gasteiger partial charge is 0.230 e. The van der Waals surface area contributed by atoms with Crippen molar-refractivity contribution in [1.29, 1.82) is 0 Å². The van der Waals surface area contributed by atoms with Crippen LogP contribution in [0.25, 0.3) is 0 Å². The van der Waals surface area contributed by atoms with Crippen molar-refractivity contribution in [3.63, 3.8) is 0 Å². The van der Waals surface area contributed by atoms with Gasteiger partial charge in [0.25, 0.3) is 0 Å². The quantitative estimate of drug-likeness (QED) is 0.742. The number of thioether (sulfide) groups is 1. The van der Waals surface area contributed by atoms with E-state index in [2.05, 4.69) is 29.6 Å². The Labute approximate surface area is 150 Å². The average molecular weight is 344 g/mol. The first-order valence-corrected chi connectivity index (χ1v) is 10.6. The topological polar surface area (TPSA) is 29.1 Å². The van der Waals surface area contributed by atoms with E-state index < -0.39 is 0 Å². The number of amides is 1. The molecule has 0 radical (unpaired) electrons. The summed E-state index contributed by atoms with van der Waals surface area (Å²) in [4.78, 5) is 12.2. The van der Waals surface area contributed by atoms with Crippen molar-refractivity contribution in [1.82, 2.24) is 5.32 Å². The van der Waals surface area contributed by atoms with Crippen molar-refractivity contribution in [3.8, 4) is 0 Å². The highest BCUT2D eigenvalue weighted by Gasteiger charge is 2.51. The number of hydrogen-bond donors (Lipinski definition) is 1. The standard InChI is InChI=1S/C21H29NOS/c23-20(22-8-4-7-16-5-2-1-3-6-16)15-24-21-12-17-9-18(13-21)11-19(10-17)14-21/h1-3,5-6,17-19H,4,7-15H2,(H,22,23). The van der Waals surface area contributed by atoms with Gasteiger partial charge in [0, 0.05) is 11.3 Å². The van der Waals surface area contributed by atoms with Gasteiger partial charge in [0.2, 0.25) is 5.91 Å². The normalized spacial score (nSPS) is 33.6. The first kappa shape index (κ1) is 16.5. The van der Waals surface area contributed by atoms with Crippen LogP contribution in [-0.4, -0.2) is 23.0 Å². The third kappa shape index (κ3) is 3.82. The first-order valence-electron chi connectivity index (χ1n) is 9.65. The number of aryl methyl sites for hydroxylation is 1. The van der Waals surface area contributed by atoms with Gasteiger partial charge in [-0.05, 0) is 74.7 Å².